The van der Waals surface area contributed by atoms with Gasteiger partial charge in [0.2, 0.25) is 5.95 Å². The maximum Gasteiger partial charge on any atom is 0.206 e. The minimum absolute atomic E-state index is 0.0720. The van der Waals surface area contributed by atoms with E-state index in [9.17, 15) is 15.3 Å². The number of anilines is 1. The molecular weight excluding hydrogens is 357 g/mol. The molecule has 1 aromatic heterocycles. The Labute approximate surface area is 148 Å². The summed E-state index contributed by atoms with van der Waals surface area (Å²) < 4.78 is 7.19. The molecule has 7 nitrogen and oxygen atoms in total. The lowest BCUT2D eigenvalue weighted by Crippen LogP contribution is -2.50. The number of ether oxygens (including phenoxy) is 1. The average Bonchev–Trinajstić information content (AvgIpc) is 2.82. The fourth-order valence-electron chi connectivity index (χ4n) is 2.73. The van der Waals surface area contributed by atoms with E-state index in [0.29, 0.717) is 27.0 Å². The highest BCUT2D eigenvalue weighted by Gasteiger charge is 2.40. The average molecular weight is 376 g/mol. The van der Waals surface area contributed by atoms with Crippen molar-refractivity contribution in [3.8, 4) is 0 Å². The number of hydrogen-bond donors (Lipinski definition) is 4. The Morgan fingerprint density at radius 3 is 2.54 bits per heavy atom. The second-order valence-electron chi connectivity index (χ2n) is 6.13. The van der Waals surface area contributed by atoms with Gasteiger partial charge in [-0.1, -0.05) is 23.2 Å². The standard InChI is InChI=1S/C15H19Cl2N3O4/c1-6(2)18-15-19-9-3-7(16)8(17)4-10(9)20(15)14-13(23)12(22)11(21)5-24-14/h3-4,6,11-14,21-23H,5H2,1-2H3,(H,18,19)/t11-,12-,13-,14?/m1/s1. The largest absolute Gasteiger partial charge is 0.388 e. The van der Waals surface area contributed by atoms with Crippen LogP contribution in [0.3, 0.4) is 0 Å². The number of halogens is 2. The smallest absolute Gasteiger partial charge is 0.206 e. The van der Waals surface area contributed by atoms with Crippen molar-refractivity contribution in [3.05, 3.63) is 22.2 Å². The van der Waals surface area contributed by atoms with Crippen molar-refractivity contribution >= 4 is 40.2 Å². The highest BCUT2D eigenvalue weighted by Crippen LogP contribution is 2.35. The second kappa shape index (κ2) is 6.67. The summed E-state index contributed by atoms with van der Waals surface area (Å²) in [7, 11) is 0. The molecule has 24 heavy (non-hydrogen) atoms. The molecular formula is C15H19Cl2N3O4. The lowest BCUT2D eigenvalue weighted by Gasteiger charge is -2.36. The van der Waals surface area contributed by atoms with E-state index < -0.39 is 24.5 Å². The first-order valence-electron chi connectivity index (χ1n) is 7.59. The Morgan fingerprint density at radius 2 is 1.88 bits per heavy atom. The first kappa shape index (κ1) is 17.7. The molecule has 2 aromatic rings. The number of fused-ring (bicyclic) bond motifs is 1. The molecule has 1 unspecified atom stereocenters. The van der Waals surface area contributed by atoms with Gasteiger partial charge in [-0.2, -0.15) is 0 Å². The Bertz CT molecular complexity index is 752. The van der Waals surface area contributed by atoms with Crippen LogP contribution in [0.1, 0.15) is 20.1 Å². The van der Waals surface area contributed by atoms with Crippen LogP contribution in [0, 0.1) is 0 Å². The molecule has 1 aliphatic heterocycles. The summed E-state index contributed by atoms with van der Waals surface area (Å²) in [5.74, 6) is 0.450. The zero-order chi connectivity index (χ0) is 17.6. The third kappa shape index (κ3) is 3.08. The quantitative estimate of drug-likeness (QED) is 0.652. The van der Waals surface area contributed by atoms with Gasteiger partial charge >= 0.3 is 0 Å². The third-order valence-electron chi connectivity index (χ3n) is 3.88. The maximum atomic E-state index is 10.4. The first-order chi connectivity index (χ1) is 11.3. The molecule has 9 heteroatoms. The van der Waals surface area contributed by atoms with Gasteiger partial charge in [0.1, 0.15) is 18.3 Å². The summed E-state index contributed by atoms with van der Waals surface area (Å²) in [6, 6.07) is 3.33. The van der Waals surface area contributed by atoms with E-state index in [1.165, 1.54) is 0 Å². The molecule has 4 N–H and O–H groups in total. The molecule has 2 heterocycles. The third-order valence-corrected chi connectivity index (χ3v) is 4.60. The lowest BCUT2D eigenvalue weighted by molar-refractivity contribution is -0.209. The van der Waals surface area contributed by atoms with E-state index in [1.807, 2.05) is 13.8 Å². The van der Waals surface area contributed by atoms with Crippen LogP contribution in [0.4, 0.5) is 5.95 Å². The molecule has 0 saturated carbocycles. The van der Waals surface area contributed by atoms with Crippen molar-refractivity contribution in [2.45, 2.75) is 44.4 Å². The van der Waals surface area contributed by atoms with E-state index >= 15 is 0 Å². The van der Waals surface area contributed by atoms with Crippen molar-refractivity contribution in [1.82, 2.24) is 9.55 Å². The summed E-state index contributed by atoms with van der Waals surface area (Å²) in [5, 5.41) is 33.9. The molecule has 0 bridgehead atoms. The molecule has 0 aliphatic carbocycles. The SMILES string of the molecule is CC(C)Nc1nc2cc(Cl)c(Cl)cc2n1C1OC[C@@H](O)[C@@H](O)[C@H]1O. The van der Waals surface area contributed by atoms with Crippen LogP contribution < -0.4 is 5.32 Å². The van der Waals surface area contributed by atoms with Crippen LogP contribution in [0.2, 0.25) is 10.0 Å². The zero-order valence-electron chi connectivity index (χ0n) is 13.1. The van der Waals surface area contributed by atoms with Gasteiger partial charge in [-0.15, -0.1) is 0 Å². The number of imidazole rings is 1. The molecule has 0 spiro atoms. The molecule has 3 rings (SSSR count). The van der Waals surface area contributed by atoms with Crippen molar-refractivity contribution in [2.24, 2.45) is 0 Å². The monoisotopic (exact) mass is 375 g/mol. The van der Waals surface area contributed by atoms with Gasteiger partial charge in [0, 0.05) is 6.04 Å². The molecule has 132 valence electrons. The molecule has 0 amide bonds. The molecule has 1 aliphatic rings. The summed E-state index contributed by atoms with van der Waals surface area (Å²) in [6.45, 7) is 3.78. The van der Waals surface area contributed by atoms with Gasteiger partial charge in [-0.3, -0.25) is 4.57 Å². The predicted octanol–water partition coefficient (Wildman–Crippen LogP) is 1.77. The van der Waals surface area contributed by atoms with Gasteiger partial charge < -0.3 is 25.4 Å². The topological polar surface area (TPSA) is 99.8 Å². The van der Waals surface area contributed by atoms with Crippen LogP contribution in [-0.2, 0) is 4.74 Å². The number of hydrogen-bond acceptors (Lipinski definition) is 6. The summed E-state index contributed by atoms with van der Waals surface area (Å²) in [4.78, 5) is 4.48. The van der Waals surface area contributed by atoms with Crippen molar-refractivity contribution in [1.29, 1.82) is 0 Å². The Kier molecular flexibility index (Phi) is 4.92. The summed E-state index contributed by atoms with van der Waals surface area (Å²) in [6.07, 6.45) is -4.72. The fourth-order valence-corrected chi connectivity index (χ4v) is 3.04. The molecule has 0 radical (unpaired) electrons. The van der Waals surface area contributed by atoms with Gasteiger partial charge in [-0.25, -0.2) is 4.98 Å². The van der Waals surface area contributed by atoms with E-state index in [-0.39, 0.29) is 12.6 Å². The van der Waals surface area contributed by atoms with Gasteiger partial charge in [-0.05, 0) is 26.0 Å². The minimum Gasteiger partial charge on any atom is -0.388 e. The predicted molar refractivity (Wildman–Crippen MR) is 91.5 cm³/mol. The first-order valence-corrected chi connectivity index (χ1v) is 8.34. The number of nitrogens with zero attached hydrogens (tertiary/aromatic N) is 2. The lowest BCUT2D eigenvalue weighted by atomic mass is 10.0. The number of aliphatic hydroxyl groups excluding tert-OH is 3. The van der Waals surface area contributed by atoms with E-state index in [1.54, 1.807) is 16.7 Å². The highest BCUT2D eigenvalue weighted by molar-refractivity contribution is 6.42. The molecule has 1 saturated heterocycles. The van der Waals surface area contributed by atoms with E-state index in [0.717, 1.165) is 0 Å². The fraction of sp³-hybridized carbons (Fsp3) is 0.533. The number of aromatic nitrogens is 2. The zero-order valence-corrected chi connectivity index (χ0v) is 14.7. The van der Waals surface area contributed by atoms with Crippen LogP contribution in [-0.4, -0.2) is 55.8 Å². The normalized spacial score (nSPS) is 27.8. The highest BCUT2D eigenvalue weighted by atomic mass is 35.5. The van der Waals surface area contributed by atoms with Crippen molar-refractivity contribution < 1.29 is 20.1 Å². The molecule has 1 fully saturated rings. The minimum atomic E-state index is -1.33. The molecule has 4 atom stereocenters. The van der Waals surface area contributed by atoms with E-state index in [2.05, 4.69) is 10.3 Å². The molecule has 1 aromatic carbocycles. The van der Waals surface area contributed by atoms with Crippen LogP contribution in [0.5, 0.6) is 0 Å². The maximum absolute atomic E-state index is 10.4. The Morgan fingerprint density at radius 1 is 1.21 bits per heavy atom. The Balaban J connectivity index is 2.15. The van der Waals surface area contributed by atoms with Crippen LogP contribution >= 0.6 is 23.2 Å². The van der Waals surface area contributed by atoms with E-state index in [4.69, 9.17) is 27.9 Å². The number of benzene rings is 1. The summed E-state index contributed by atoms with van der Waals surface area (Å²) in [5.41, 5.74) is 1.17. The van der Waals surface area contributed by atoms with Gasteiger partial charge in [0.05, 0.1) is 27.7 Å². The summed E-state index contributed by atoms with van der Waals surface area (Å²) >= 11 is 12.2. The van der Waals surface area contributed by atoms with Gasteiger partial charge in [0.15, 0.2) is 6.23 Å². The van der Waals surface area contributed by atoms with Crippen LogP contribution in [0.25, 0.3) is 11.0 Å². The number of rotatable bonds is 3. The number of nitrogens with one attached hydrogen (secondary N) is 1. The van der Waals surface area contributed by atoms with Crippen LogP contribution in [0.15, 0.2) is 12.1 Å². The van der Waals surface area contributed by atoms with Crippen molar-refractivity contribution in [3.63, 3.8) is 0 Å². The van der Waals surface area contributed by atoms with Gasteiger partial charge in [0.25, 0.3) is 0 Å². The van der Waals surface area contributed by atoms with Crippen molar-refractivity contribution in [2.75, 3.05) is 11.9 Å². The Hall–Kier alpha value is -1.09. The second-order valence-corrected chi connectivity index (χ2v) is 6.95. The number of aliphatic hydroxyl groups is 3.